The Morgan fingerprint density at radius 3 is 2.67 bits per heavy atom. The van der Waals surface area contributed by atoms with Crippen LogP contribution in [0.3, 0.4) is 0 Å². The van der Waals surface area contributed by atoms with Crippen LogP contribution in [0.15, 0.2) is 22.6 Å². The van der Waals surface area contributed by atoms with Crippen LogP contribution < -0.4 is 10.5 Å². The second-order valence-corrected chi connectivity index (χ2v) is 5.36. The minimum Gasteiger partial charge on any atom is -0.493 e. The Labute approximate surface area is 107 Å². The minimum atomic E-state index is 0.140. The van der Waals surface area contributed by atoms with Gasteiger partial charge in [-0.15, -0.1) is 0 Å². The fourth-order valence-electron chi connectivity index (χ4n) is 2.92. The molecular weight excluding hydrogens is 226 g/mol. The fraction of sp³-hybridized carbons (Fsp3) is 0.467. The Morgan fingerprint density at radius 2 is 2.11 bits per heavy atom. The molecule has 3 nitrogen and oxygen atoms in total. The zero-order valence-electron chi connectivity index (χ0n) is 11.1. The molecule has 1 heterocycles. The van der Waals surface area contributed by atoms with Crippen molar-refractivity contribution in [3.05, 3.63) is 29.5 Å². The predicted octanol–water partition coefficient (Wildman–Crippen LogP) is 3.13. The average Bonchev–Trinajstić information content (AvgIpc) is 3.04. The highest BCUT2D eigenvalue weighted by molar-refractivity contribution is 5.88. The number of nitrogens with two attached hydrogens (primary N) is 1. The molecule has 3 heteroatoms. The van der Waals surface area contributed by atoms with Crippen molar-refractivity contribution in [3.63, 3.8) is 0 Å². The fourth-order valence-corrected chi connectivity index (χ4v) is 2.92. The SMILES string of the molecule is COc1ccc(C2(C(C)N)CC2)c2cc(C)oc12. The van der Waals surface area contributed by atoms with E-state index in [1.165, 1.54) is 5.56 Å². The highest BCUT2D eigenvalue weighted by Gasteiger charge is 2.48. The first-order valence-corrected chi connectivity index (χ1v) is 6.42. The molecule has 0 spiro atoms. The van der Waals surface area contributed by atoms with Gasteiger partial charge in [0.1, 0.15) is 5.76 Å². The number of fused-ring (bicyclic) bond motifs is 1. The zero-order chi connectivity index (χ0) is 12.9. The normalized spacial score (nSPS) is 18.9. The van der Waals surface area contributed by atoms with Crippen LogP contribution in [0.25, 0.3) is 11.0 Å². The van der Waals surface area contributed by atoms with Gasteiger partial charge in [-0.05, 0) is 44.4 Å². The number of furan rings is 1. The van der Waals surface area contributed by atoms with Crippen LogP contribution in [0.4, 0.5) is 0 Å². The average molecular weight is 245 g/mol. The molecule has 0 saturated heterocycles. The van der Waals surface area contributed by atoms with Crippen LogP contribution in [0, 0.1) is 6.92 Å². The van der Waals surface area contributed by atoms with Crippen molar-refractivity contribution in [2.24, 2.45) is 5.73 Å². The Balaban J connectivity index is 2.25. The third-order valence-electron chi connectivity index (χ3n) is 4.19. The molecule has 1 aromatic carbocycles. The van der Waals surface area contributed by atoms with Crippen molar-refractivity contribution in [1.82, 2.24) is 0 Å². The Morgan fingerprint density at radius 1 is 1.39 bits per heavy atom. The monoisotopic (exact) mass is 245 g/mol. The van der Waals surface area contributed by atoms with Gasteiger partial charge in [0.2, 0.25) is 0 Å². The topological polar surface area (TPSA) is 48.4 Å². The summed E-state index contributed by atoms with van der Waals surface area (Å²) in [6.07, 6.45) is 2.33. The maximum Gasteiger partial charge on any atom is 0.176 e. The first-order valence-electron chi connectivity index (χ1n) is 6.42. The summed E-state index contributed by atoms with van der Waals surface area (Å²) in [4.78, 5) is 0. The molecule has 0 bridgehead atoms. The second-order valence-electron chi connectivity index (χ2n) is 5.36. The van der Waals surface area contributed by atoms with E-state index < -0.39 is 0 Å². The molecule has 96 valence electrons. The lowest BCUT2D eigenvalue weighted by Gasteiger charge is -2.21. The van der Waals surface area contributed by atoms with Gasteiger partial charge in [0.25, 0.3) is 0 Å². The molecule has 1 atom stereocenters. The van der Waals surface area contributed by atoms with E-state index in [2.05, 4.69) is 19.1 Å². The number of aryl methyl sites for hydroxylation is 1. The quantitative estimate of drug-likeness (QED) is 0.903. The van der Waals surface area contributed by atoms with Crippen molar-refractivity contribution in [2.45, 2.75) is 38.1 Å². The third kappa shape index (κ3) is 1.47. The summed E-state index contributed by atoms with van der Waals surface area (Å²) in [5, 5.41) is 1.15. The van der Waals surface area contributed by atoms with Gasteiger partial charge in [0.15, 0.2) is 11.3 Å². The molecule has 1 aliphatic carbocycles. The lowest BCUT2D eigenvalue weighted by Crippen LogP contribution is -2.31. The summed E-state index contributed by atoms with van der Waals surface area (Å²) < 4.78 is 11.1. The summed E-state index contributed by atoms with van der Waals surface area (Å²) in [5.74, 6) is 1.71. The first-order chi connectivity index (χ1) is 8.58. The number of hydrogen-bond donors (Lipinski definition) is 1. The maximum absolute atomic E-state index is 6.17. The number of rotatable bonds is 3. The molecule has 2 N–H and O–H groups in total. The summed E-state index contributed by atoms with van der Waals surface area (Å²) in [6, 6.07) is 6.40. The van der Waals surface area contributed by atoms with Crippen molar-refractivity contribution >= 4 is 11.0 Å². The van der Waals surface area contributed by atoms with Gasteiger partial charge in [0.05, 0.1) is 7.11 Å². The van der Waals surface area contributed by atoms with Crippen LogP contribution in [-0.4, -0.2) is 13.2 Å². The van der Waals surface area contributed by atoms with E-state index in [-0.39, 0.29) is 11.5 Å². The van der Waals surface area contributed by atoms with Crippen molar-refractivity contribution in [2.75, 3.05) is 7.11 Å². The van der Waals surface area contributed by atoms with E-state index in [0.717, 1.165) is 35.3 Å². The Kier molecular flexibility index (Phi) is 2.42. The lowest BCUT2D eigenvalue weighted by atomic mass is 9.87. The molecule has 1 aliphatic rings. The van der Waals surface area contributed by atoms with Crippen molar-refractivity contribution in [1.29, 1.82) is 0 Å². The van der Waals surface area contributed by atoms with E-state index in [4.69, 9.17) is 14.9 Å². The van der Waals surface area contributed by atoms with E-state index in [9.17, 15) is 0 Å². The highest BCUT2D eigenvalue weighted by Crippen LogP contribution is 2.53. The Hall–Kier alpha value is -1.48. The van der Waals surface area contributed by atoms with Gasteiger partial charge in [-0.25, -0.2) is 0 Å². The molecule has 1 aromatic heterocycles. The molecule has 18 heavy (non-hydrogen) atoms. The van der Waals surface area contributed by atoms with Crippen LogP contribution in [0.2, 0.25) is 0 Å². The predicted molar refractivity (Wildman–Crippen MR) is 72.1 cm³/mol. The summed E-state index contributed by atoms with van der Waals surface area (Å²) in [5.41, 5.74) is 8.47. The van der Waals surface area contributed by atoms with Gasteiger partial charge in [0, 0.05) is 16.8 Å². The largest absolute Gasteiger partial charge is 0.493 e. The minimum absolute atomic E-state index is 0.140. The molecule has 1 fully saturated rings. The highest BCUT2D eigenvalue weighted by atomic mass is 16.5. The lowest BCUT2D eigenvalue weighted by molar-refractivity contribution is 0.408. The van der Waals surface area contributed by atoms with E-state index >= 15 is 0 Å². The number of ether oxygens (including phenoxy) is 1. The molecule has 0 aliphatic heterocycles. The molecule has 0 radical (unpaired) electrons. The summed E-state index contributed by atoms with van der Waals surface area (Å²) >= 11 is 0. The molecule has 2 aromatic rings. The van der Waals surface area contributed by atoms with Gasteiger partial charge in [-0.1, -0.05) is 6.07 Å². The second kappa shape index (κ2) is 3.75. The van der Waals surface area contributed by atoms with Crippen LogP contribution in [0.1, 0.15) is 31.1 Å². The van der Waals surface area contributed by atoms with Gasteiger partial charge < -0.3 is 14.9 Å². The molecule has 3 rings (SSSR count). The molecule has 1 saturated carbocycles. The molecule has 1 unspecified atom stereocenters. The van der Waals surface area contributed by atoms with E-state index in [1.807, 2.05) is 13.0 Å². The van der Waals surface area contributed by atoms with E-state index in [1.54, 1.807) is 7.11 Å². The number of benzene rings is 1. The first kappa shape index (κ1) is 11.6. The van der Waals surface area contributed by atoms with Crippen molar-refractivity contribution < 1.29 is 9.15 Å². The molecular formula is C15H19NO2. The maximum atomic E-state index is 6.17. The smallest absolute Gasteiger partial charge is 0.176 e. The standard InChI is InChI=1S/C15H19NO2/c1-9-8-11-12(15(6-7-15)10(2)16)4-5-13(17-3)14(11)18-9/h4-5,8,10H,6-7,16H2,1-3H3. The van der Waals surface area contributed by atoms with Gasteiger partial charge in [-0.2, -0.15) is 0 Å². The number of hydrogen-bond acceptors (Lipinski definition) is 3. The van der Waals surface area contributed by atoms with E-state index in [0.29, 0.717) is 0 Å². The van der Waals surface area contributed by atoms with Crippen molar-refractivity contribution in [3.8, 4) is 5.75 Å². The van der Waals surface area contributed by atoms with Gasteiger partial charge >= 0.3 is 0 Å². The summed E-state index contributed by atoms with van der Waals surface area (Å²) in [6.45, 7) is 4.06. The van der Waals surface area contributed by atoms with Crippen LogP contribution in [0.5, 0.6) is 5.75 Å². The Bertz CT molecular complexity index is 594. The van der Waals surface area contributed by atoms with Crippen LogP contribution >= 0.6 is 0 Å². The zero-order valence-corrected chi connectivity index (χ0v) is 11.1. The molecule has 0 amide bonds. The number of methoxy groups -OCH3 is 1. The third-order valence-corrected chi connectivity index (χ3v) is 4.19. The summed E-state index contributed by atoms with van der Waals surface area (Å²) in [7, 11) is 1.67. The van der Waals surface area contributed by atoms with Gasteiger partial charge in [-0.3, -0.25) is 0 Å². The van der Waals surface area contributed by atoms with Crippen LogP contribution in [-0.2, 0) is 5.41 Å².